The van der Waals surface area contributed by atoms with Crippen molar-refractivity contribution in [3.8, 4) is 11.4 Å². The number of nitrogen functional groups attached to an aromatic ring is 1. The Morgan fingerprint density at radius 1 is 1.26 bits per heavy atom. The van der Waals surface area contributed by atoms with E-state index in [2.05, 4.69) is 4.98 Å². The first-order valence-electron chi connectivity index (χ1n) is 5.76. The number of benzene rings is 1. The van der Waals surface area contributed by atoms with Crippen molar-refractivity contribution in [3.05, 3.63) is 51.6 Å². The van der Waals surface area contributed by atoms with Gasteiger partial charge in [-0.25, -0.2) is 9.66 Å². The minimum Gasteiger partial charge on any atom is -0.334 e. The van der Waals surface area contributed by atoms with Crippen molar-refractivity contribution in [2.24, 2.45) is 5.73 Å². The summed E-state index contributed by atoms with van der Waals surface area (Å²) < 4.78 is 1.09. The fourth-order valence-electron chi connectivity index (χ4n) is 1.94. The monoisotopic (exact) mass is 272 g/mol. The molecule has 0 saturated carbocycles. The number of hydrogen-bond acceptors (Lipinski definition) is 5. The molecule has 0 saturated heterocycles. The van der Waals surface area contributed by atoms with E-state index in [4.69, 9.17) is 11.6 Å². The van der Waals surface area contributed by atoms with Crippen LogP contribution in [-0.2, 0) is 6.54 Å². The molecule has 0 radical (unpaired) electrons. The highest BCUT2D eigenvalue weighted by molar-refractivity contribution is 7.18. The van der Waals surface area contributed by atoms with Crippen molar-refractivity contribution < 1.29 is 0 Å². The standard InChI is InChI=1S/C13H12N4OS/c14-7-9-6-10-12(19-9)16-11(17(15)13(10)18)8-4-2-1-3-5-8/h1-6H,7,14-15H2. The van der Waals surface area contributed by atoms with Crippen LogP contribution in [0.5, 0.6) is 0 Å². The van der Waals surface area contributed by atoms with Gasteiger partial charge in [0.15, 0.2) is 5.82 Å². The van der Waals surface area contributed by atoms with E-state index in [0.29, 0.717) is 22.6 Å². The maximum atomic E-state index is 12.2. The Morgan fingerprint density at radius 2 is 2.00 bits per heavy atom. The van der Waals surface area contributed by atoms with E-state index in [1.807, 2.05) is 30.3 Å². The molecule has 0 amide bonds. The molecule has 4 N–H and O–H groups in total. The highest BCUT2D eigenvalue weighted by Gasteiger charge is 2.13. The molecule has 0 fully saturated rings. The number of hydrogen-bond donors (Lipinski definition) is 2. The quantitative estimate of drug-likeness (QED) is 0.688. The third-order valence-corrected chi connectivity index (χ3v) is 3.93. The molecule has 0 bridgehead atoms. The molecule has 2 heterocycles. The van der Waals surface area contributed by atoms with E-state index in [0.717, 1.165) is 15.1 Å². The van der Waals surface area contributed by atoms with Crippen LogP contribution in [0.4, 0.5) is 0 Å². The lowest BCUT2D eigenvalue weighted by molar-refractivity contribution is 0.929. The van der Waals surface area contributed by atoms with E-state index in [9.17, 15) is 4.79 Å². The summed E-state index contributed by atoms with van der Waals surface area (Å²) in [5.41, 5.74) is 6.16. The van der Waals surface area contributed by atoms with Crippen LogP contribution in [0.25, 0.3) is 21.6 Å². The third-order valence-electron chi connectivity index (χ3n) is 2.88. The van der Waals surface area contributed by atoms with Crippen molar-refractivity contribution in [2.45, 2.75) is 6.54 Å². The molecule has 0 aliphatic rings. The van der Waals surface area contributed by atoms with Gasteiger partial charge in [-0.1, -0.05) is 30.3 Å². The summed E-state index contributed by atoms with van der Waals surface area (Å²) in [6, 6.07) is 11.2. The molecular formula is C13H12N4OS. The lowest BCUT2D eigenvalue weighted by Gasteiger charge is -2.06. The van der Waals surface area contributed by atoms with Crippen molar-refractivity contribution in [1.29, 1.82) is 0 Å². The van der Waals surface area contributed by atoms with E-state index in [-0.39, 0.29) is 5.56 Å². The van der Waals surface area contributed by atoms with Gasteiger partial charge in [-0.15, -0.1) is 11.3 Å². The molecule has 0 aliphatic carbocycles. The van der Waals surface area contributed by atoms with Gasteiger partial charge in [0, 0.05) is 17.0 Å². The number of rotatable bonds is 2. The highest BCUT2D eigenvalue weighted by atomic mass is 32.1. The summed E-state index contributed by atoms with van der Waals surface area (Å²) in [6.07, 6.45) is 0. The van der Waals surface area contributed by atoms with Crippen LogP contribution in [0, 0.1) is 0 Å². The fraction of sp³-hybridized carbons (Fsp3) is 0.0769. The number of nitrogens with two attached hydrogens (primary N) is 2. The molecule has 0 unspecified atom stereocenters. The Balaban J connectivity index is 2.32. The normalized spacial score (nSPS) is 11.0. The zero-order chi connectivity index (χ0) is 13.4. The first kappa shape index (κ1) is 11.9. The van der Waals surface area contributed by atoms with Crippen LogP contribution in [0.2, 0.25) is 0 Å². The molecule has 0 atom stereocenters. The second-order valence-corrected chi connectivity index (χ2v) is 5.23. The van der Waals surface area contributed by atoms with Crippen LogP contribution in [0.1, 0.15) is 4.88 Å². The maximum Gasteiger partial charge on any atom is 0.280 e. The van der Waals surface area contributed by atoms with Gasteiger partial charge in [-0.3, -0.25) is 4.79 Å². The minimum absolute atomic E-state index is 0.250. The molecule has 19 heavy (non-hydrogen) atoms. The van der Waals surface area contributed by atoms with Gasteiger partial charge >= 0.3 is 0 Å². The van der Waals surface area contributed by atoms with Gasteiger partial charge in [0.1, 0.15) is 4.83 Å². The first-order valence-corrected chi connectivity index (χ1v) is 6.58. The summed E-state index contributed by atoms with van der Waals surface area (Å²) >= 11 is 1.42. The van der Waals surface area contributed by atoms with Crippen LogP contribution < -0.4 is 17.1 Å². The van der Waals surface area contributed by atoms with E-state index in [1.54, 1.807) is 6.07 Å². The smallest absolute Gasteiger partial charge is 0.280 e. The Labute approximate surface area is 113 Å². The Hall–Kier alpha value is -2.18. The van der Waals surface area contributed by atoms with E-state index < -0.39 is 0 Å². The van der Waals surface area contributed by atoms with Crippen molar-refractivity contribution in [3.63, 3.8) is 0 Å². The molecule has 3 aromatic rings. The van der Waals surface area contributed by atoms with Gasteiger partial charge in [-0.2, -0.15) is 0 Å². The van der Waals surface area contributed by atoms with Crippen LogP contribution in [-0.4, -0.2) is 9.66 Å². The largest absolute Gasteiger partial charge is 0.334 e. The van der Waals surface area contributed by atoms with Crippen molar-refractivity contribution >= 4 is 21.6 Å². The highest BCUT2D eigenvalue weighted by Crippen LogP contribution is 2.23. The molecule has 3 rings (SSSR count). The topological polar surface area (TPSA) is 86.9 Å². The Morgan fingerprint density at radius 3 is 2.68 bits per heavy atom. The summed E-state index contributed by atoms with van der Waals surface area (Å²) in [5, 5.41) is 0.521. The van der Waals surface area contributed by atoms with Gasteiger partial charge < -0.3 is 11.6 Å². The summed E-state index contributed by atoms with van der Waals surface area (Å²) in [4.78, 5) is 18.3. The lowest BCUT2D eigenvalue weighted by Crippen LogP contribution is -2.29. The van der Waals surface area contributed by atoms with E-state index in [1.165, 1.54) is 11.3 Å². The SMILES string of the molecule is NCc1cc2c(=O)n(N)c(-c3ccccc3)nc2s1. The average molecular weight is 272 g/mol. The molecule has 0 aliphatic heterocycles. The van der Waals surface area contributed by atoms with Crippen molar-refractivity contribution in [1.82, 2.24) is 9.66 Å². The maximum absolute atomic E-state index is 12.2. The zero-order valence-corrected chi connectivity index (χ0v) is 10.9. The van der Waals surface area contributed by atoms with Gasteiger partial charge in [0.25, 0.3) is 5.56 Å². The zero-order valence-electron chi connectivity index (χ0n) is 10.0. The molecular weight excluding hydrogens is 260 g/mol. The minimum atomic E-state index is -0.250. The van der Waals surface area contributed by atoms with Crippen molar-refractivity contribution in [2.75, 3.05) is 5.84 Å². The predicted molar refractivity (Wildman–Crippen MR) is 77.4 cm³/mol. The van der Waals surface area contributed by atoms with Gasteiger partial charge in [0.2, 0.25) is 0 Å². The van der Waals surface area contributed by atoms with Gasteiger partial charge in [-0.05, 0) is 6.07 Å². The number of fused-ring (bicyclic) bond motifs is 1. The number of nitrogens with zero attached hydrogens (tertiary/aromatic N) is 2. The summed E-state index contributed by atoms with van der Waals surface area (Å²) in [6.45, 7) is 0.395. The van der Waals surface area contributed by atoms with E-state index >= 15 is 0 Å². The molecule has 1 aromatic carbocycles. The second-order valence-electron chi connectivity index (χ2n) is 4.11. The van der Waals surface area contributed by atoms with Crippen LogP contribution in [0.15, 0.2) is 41.2 Å². The Bertz CT molecular complexity index is 792. The first-order chi connectivity index (χ1) is 9.20. The molecule has 6 heteroatoms. The molecule has 96 valence electrons. The average Bonchev–Trinajstić information content (AvgIpc) is 2.87. The van der Waals surface area contributed by atoms with Crippen LogP contribution in [0.3, 0.4) is 0 Å². The molecule has 5 nitrogen and oxygen atoms in total. The summed E-state index contributed by atoms with van der Waals surface area (Å²) in [5.74, 6) is 6.31. The Kier molecular flexibility index (Phi) is 2.81. The molecule has 0 spiro atoms. The fourth-order valence-corrected chi connectivity index (χ4v) is 2.83. The number of thiophene rings is 1. The lowest BCUT2D eigenvalue weighted by atomic mass is 10.2. The predicted octanol–water partition coefficient (Wildman–Crippen LogP) is 1.30. The van der Waals surface area contributed by atoms with Gasteiger partial charge in [0.05, 0.1) is 5.39 Å². The van der Waals surface area contributed by atoms with Crippen LogP contribution >= 0.6 is 11.3 Å². The number of aromatic nitrogens is 2. The second kappa shape index (κ2) is 4.49. The summed E-state index contributed by atoms with van der Waals surface area (Å²) in [7, 11) is 0. The third kappa shape index (κ3) is 1.91. The molecule has 2 aromatic heterocycles.